The molecule has 3 aromatic heterocycles. The van der Waals surface area contributed by atoms with Gasteiger partial charge in [-0.2, -0.15) is 0 Å². The van der Waals surface area contributed by atoms with E-state index >= 15 is 0 Å². The average molecular weight is 477 g/mol. The van der Waals surface area contributed by atoms with Crippen LogP contribution in [0, 0.1) is 18.2 Å². The van der Waals surface area contributed by atoms with Crippen molar-refractivity contribution in [1.29, 1.82) is 5.41 Å². The molecule has 0 aliphatic rings. The summed E-state index contributed by atoms with van der Waals surface area (Å²) in [4.78, 5) is 29.4. The molecule has 5 aromatic rings. The highest BCUT2D eigenvalue weighted by atomic mass is 19.1. The second-order valence-electron chi connectivity index (χ2n) is 8.13. The molecule has 3 heterocycles. The lowest BCUT2D eigenvalue weighted by atomic mass is 10.0. The maximum atomic E-state index is 13.9. The molecule has 1 amide bonds. The number of nitrogens with one attached hydrogen (secondary N) is 3. The van der Waals surface area contributed by atoms with Gasteiger partial charge in [0.05, 0.1) is 16.9 Å². The quantitative estimate of drug-likeness (QED) is 0.259. The van der Waals surface area contributed by atoms with Crippen LogP contribution in [-0.4, -0.2) is 32.1 Å². The number of anilines is 1. The highest BCUT2D eigenvalue weighted by Crippen LogP contribution is 2.32. The Morgan fingerprint density at radius 3 is 2.75 bits per heavy atom. The van der Waals surface area contributed by atoms with E-state index in [0.29, 0.717) is 34.2 Å². The molecule has 0 saturated heterocycles. The van der Waals surface area contributed by atoms with Crippen molar-refractivity contribution in [2.45, 2.75) is 6.92 Å². The first kappa shape index (κ1) is 22.8. The number of H-pyrrole nitrogens is 1. The summed E-state index contributed by atoms with van der Waals surface area (Å²) in [6, 6.07) is 17.4. The van der Waals surface area contributed by atoms with Crippen LogP contribution in [0.3, 0.4) is 0 Å². The van der Waals surface area contributed by atoms with E-state index in [1.54, 1.807) is 73.9 Å². The molecule has 0 aliphatic carbocycles. The van der Waals surface area contributed by atoms with E-state index in [4.69, 9.17) is 5.41 Å². The number of imidazole rings is 1. The van der Waals surface area contributed by atoms with Crippen LogP contribution in [0.25, 0.3) is 39.5 Å². The third-order valence-electron chi connectivity index (χ3n) is 5.66. The van der Waals surface area contributed by atoms with Crippen molar-refractivity contribution in [3.05, 3.63) is 102 Å². The molecule has 0 bridgehead atoms. The van der Waals surface area contributed by atoms with Gasteiger partial charge in [0.25, 0.3) is 5.91 Å². The minimum atomic E-state index is -0.293. The summed E-state index contributed by atoms with van der Waals surface area (Å²) in [6.45, 7) is 1.70. The number of amides is 1. The standard InChI is InChI=1S/C28H21FN6O/c1-17-14-19(6-8-22(17)29)26-27(34-24(33-26)5-2-11-30)20-10-13-32-25(16-20)35-28(36)21-7-9-23-18(15-21)4-3-12-31-23/h2-16,30H,1H3,(H,33,34)(H,32,35,36)/b5-2-,30-11?. The minimum Gasteiger partial charge on any atom is -0.338 e. The van der Waals surface area contributed by atoms with Gasteiger partial charge in [-0.3, -0.25) is 9.78 Å². The van der Waals surface area contributed by atoms with Crippen molar-refractivity contribution in [2.75, 3.05) is 5.32 Å². The molecule has 3 N–H and O–H groups in total. The maximum absolute atomic E-state index is 13.9. The number of carbonyl (C=O) groups is 1. The predicted octanol–water partition coefficient (Wildman–Crippen LogP) is 6.05. The first-order valence-corrected chi connectivity index (χ1v) is 11.2. The van der Waals surface area contributed by atoms with E-state index in [1.165, 1.54) is 6.07 Å². The molecule has 0 spiro atoms. The summed E-state index contributed by atoms with van der Waals surface area (Å²) in [6.07, 6.45) is 7.70. The molecule has 8 heteroatoms. The molecule has 7 nitrogen and oxygen atoms in total. The average Bonchev–Trinajstić information content (AvgIpc) is 3.33. The summed E-state index contributed by atoms with van der Waals surface area (Å²) < 4.78 is 13.9. The summed E-state index contributed by atoms with van der Waals surface area (Å²) in [5.74, 6) is 0.325. The van der Waals surface area contributed by atoms with Crippen molar-refractivity contribution >= 4 is 34.9 Å². The molecule has 0 radical (unpaired) electrons. The first-order valence-electron chi connectivity index (χ1n) is 11.2. The Morgan fingerprint density at radius 2 is 1.92 bits per heavy atom. The molecule has 176 valence electrons. The summed E-state index contributed by atoms with van der Waals surface area (Å²) in [5.41, 5.74) is 4.58. The normalized spacial score (nSPS) is 11.2. The van der Waals surface area contributed by atoms with Gasteiger partial charge in [-0.25, -0.2) is 14.4 Å². The third kappa shape index (κ3) is 4.65. The Kier molecular flexibility index (Phi) is 6.15. The topological polar surface area (TPSA) is 107 Å². The second-order valence-corrected chi connectivity index (χ2v) is 8.13. The molecular formula is C28H21FN6O. The van der Waals surface area contributed by atoms with Crippen LogP contribution in [0.4, 0.5) is 10.2 Å². The van der Waals surface area contributed by atoms with Crippen LogP contribution >= 0.6 is 0 Å². The number of pyridine rings is 2. The first-order chi connectivity index (χ1) is 17.5. The van der Waals surface area contributed by atoms with Gasteiger partial charge < -0.3 is 15.7 Å². The van der Waals surface area contributed by atoms with Gasteiger partial charge in [-0.1, -0.05) is 6.07 Å². The van der Waals surface area contributed by atoms with Gasteiger partial charge in [0.1, 0.15) is 17.5 Å². The highest BCUT2D eigenvalue weighted by molar-refractivity contribution is 6.06. The molecular weight excluding hydrogens is 455 g/mol. The van der Waals surface area contributed by atoms with Crippen molar-refractivity contribution in [1.82, 2.24) is 19.9 Å². The fourth-order valence-corrected chi connectivity index (χ4v) is 3.88. The Morgan fingerprint density at radius 1 is 1.03 bits per heavy atom. The SMILES string of the molecule is Cc1cc(-c2nc(/C=C\C=N)[nH]c2-c2ccnc(NC(=O)c3ccc4ncccc4c3)c2)ccc1F. The van der Waals surface area contributed by atoms with Crippen molar-refractivity contribution in [3.63, 3.8) is 0 Å². The van der Waals surface area contributed by atoms with Gasteiger partial charge in [-0.05, 0) is 79.2 Å². The number of allylic oxidation sites excluding steroid dienone is 1. The van der Waals surface area contributed by atoms with Gasteiger partial charge in [-0.15, -0.1) is 0 Å². The molecule has 0 aliphatic heterocycles. The monoisotopic (exact) mass is 476 g/mol. The number of rotatable bonds is 6. The lowest BCUT2D eigenvalue weighted by Crippen LogP contribution is -2.12. The van der Waals surface area contributed by atoms with Gasteiger partial charge in [0.2, 0.25) is 0 Å². The zero-order valence-corrected chi connectivity index (χ0v) is 19.3. The van der Waals surface area contributed by atoms with Crippen LogP contribution < -0.4 is 5.32 Å². The molecule has 2 aromatic carbocycles. The predicted molar refractivity (Wildman–Crippen MR) is 139 cm³/mol. The van der Waals surface area contributed by atoms with E-state index in [1.807, 2.05) is 12.1 Å². The molecule has 36 heavy (non-hydrogen) atoms. The van der Waals surface area contributed by atoms with Crippen molar-refractivity contribution in [2.24, 2.45) is 0 Å². The van der Waals surface area contributed by atoms with Crippen LogP contribution in [0.5, 0.6) is 0 Å². The summed E-state index contributed by atoms with van der Waals surface area (Å²) >= 11 is 0. The number of aromatic amines is 1. The number of aryl methyl sites for hydroxylation is 1. The van der Waals surface area contributed by atoms with Crippen molar-refractivity contribution in [3.8, 4) is 22.5 Å². The smallest absolute Gasteiger partial charge is 0.256 e. The maximum Gasteiger partial charge on any atom is 0.256 e. The number of hydrogen-bond donors (Lipinski definition) is 3. The molecule has 0 saturated carbocycles. The highest BCUT2D eigenvalue weighted by Gasteiger charge is 2.16. The van der Waals surface area contributed by atoms with E-state index in [2.05, 4.69) is 25.3 Å². The van der Waals surface area contributed by atoms with E-state index in [-0.39, 0.29) is 11.7 Å². The number of hydrogen-bond acceptors (Lipinski definition) is 5. The zero-order valence-electron chi connectivity index (χ0n) is 19.3. The number of halogens is 1. The zero-order chi connectivity index (χ0) is 25.1. The Bertz CT molecular complexity index is 1640. The Balaban J connectivity index is 1.49. The number of benzene rings is 2. The van der Waals surface area contributed by atoms with Crippen LogP contribution in [-0.2, 0) is 0 Å². The van der Waals surface area contributed by atoms with Gasteiger partial charge >= 0.3 is 0 Å². The Labute approximate surface area is 206 Å². The van der Waals surface area contributed by atoms with Crippen LogP contribution in [0.2, 0.25) is 0 Å². The van der Waals surface area contributed by atoms with Gasteiger partial charge in [0, 0.05) is 40.7 Å². The lowest BCUT2D eigenvalue weighted by molar-refractivity contribution is 0.102. The Hall–Kier alpha value is -4.98. The number of fused-ring (bicyclic) bond motifs is 1. The largest absolute Gasteiger partial charge is 0.338 e. The lowest BCUT2D eigenvalue weighted by Gasteiger charge is -2.08. The van der Waals surface area contributed by atoms with E-state index in [0.717, 1.165) is 28.2 Å². The van der Waals surface area contributed by atoms with Crippen LogP contribution in [0.1, 0.15) is 21.7 Å². The second kappa shape index (κ2) is 9.71. The molecule has 0 unspecified atom stereocenters. The van der Waals surface area contributed by atoms with Crippen LogP contribution in [0.15, 0.2) is 79.1 Å². The van der Waals surface area contributed by atoms with Crippen molar-refractivity contribution < 1.29 is 9.18 Å². The summed E-state index contributed by atoms with van der Waals surface area (Å²) in [5, 5.41) is 11.0. The molecule has 0 atom stereocenters. The van der Waals surface area contributed by atoms with Gasteiger partial charge in [0.15, 0.2) is 0 Å². The number of nitrogens with zero attached hydrogens (tertiary/aromatic N) is 3. The third-order valence-corrected chi connectivity index (χ3v) is 5.66. The molecule has 0 fully saturated rings. The molecule has 5 rings (SSSR count). The van der Waals surface area contributed by atoms with E-state index < -0.39 is 0 Å². The minimum absolute atomic E-state index is 0.293. The number of carbonyl (C=O) groups excluding carboxylic acids is 1. The number of aromatic nitrogens is 4. The summed E-state index contributed by atoms with van der Waals surface area (Å²) in [7, 11) is 0. The fraction of sp³-hybridized carbons (Fsp3) is 0.0357. The fourth-order valence-electron chi connectivity index (χ4n) is 3.88. The van der Waals surface area contributed by atoms with E-state index in [9.17, 15) is 9.18 Å².